The van der Waals surface area contributed by atoms with Crippen LogP contribution in [-0.2, 0) is 19.4 Å². The van der Waals surface area contributed by atoms with Crippen molar-refractivity contribution in [2.45, 2.75) is 26.3 Å². The third kappa shape index (κ3) is 4.11. The molecule has 6 nitrogen and oxygen atoms in total. The highest BCUT2D eigenvalue weighted by Gasteiger charge is 2.34. The van der Waals surface area contributed by atoms with E-state index in [9.17, 15) is 22.4 Å². The topological polar surface area (TPSA) is 74.8 Å². The quantitative estimate of drug-likeness (QED) is 0.795. The number of sulfone groups is 1. The van der Waals surface area contributed by atoms with Crippen molar-refractivity contribution in [1.82, 2.24) is 4.90 Å². The van der Waals surface area contributed by atoms with E-state index in [2.05, 4.69) is 0 Å². The van der Waals surface area contributed by atoms with Gasteiger partial charge >= 0.3 is 0 Å². The third-order valence-corrected chi connectivity index (χ3v) is 5.88. The molecule has 1 aliphatic heterocycles. The number of carbonyl (C=O) groups is 2. The molecule has 1 aromatic rings. The fourth-order valence-electron chi connectivity index (χ4n) is 2.92. The van der Waals surface area contributed by atoms with Gasteiger partial charge < -0.3 is 9.80 Å². The summed E-state index contributed by atoms with van der Waals surface area (Å²) in [6, 6.07) is 5.35. The number of carbonyl (C=O) groups excluding carboxylic acids is 2. The van der Waals surface area contributed by atoms with Gasteiger partial charge in [-0.05, 0) is 25.5 Å². The molecule has 2 amide bonds. The van der Waals surface area contributed by atoms with Gasteiger partial charge in [-0.3, -0.25) is 9.59 Å². The molecule has 0 spiro atoms. The standard InChI is InChI=1S/C16H21FN2O4S/c1-3-18(13-8-9-24(22,23)11-13)16(21)10-19(12(2)20)15-7-5-4-6-14(15)17/h4-7,13H,3,8-11H2,1-2H3. The molecule has 1 fully saturated rings. The van der Waals surface area contributed by atoms with Gasteiger partial charge in [0, 0.05) is 19.5 Å². The van der Waals surface area contributed by atoms with Crippen molar-refractivity contribution in [2.24, 2.45) is 0 Å². The second-order valence-corrected chi connectivity index (χ2v) is 8.02. The van der Waals surface area contributed by atoms with Crippen molar-refractivity contribution in [1.29, 1.82) is 0 Å². The van der Waals surface area contributed by atoms with Crippen LogP contribution in [0, 0.1) is 5.82 Å². The average molecular weight is 356 g/mol. The molecular weight excluding hydrogens is 335 g/mol. The number of nitrogens with zero attached hydrogens (tertiary/aromatic N) is 2. The third-order valence-electron chi connectivity index (χ3n) is 4.13. The van der Waals surface area contributed by atoms with Gasteiger partial charge in [0.15, 0.2) is 9.84 Å². The van der Waals surface area contributed by atoms with Gasteiger partial charge in [0.05, 0.1) is 17.2 Å². The summed E-state index contributed by atoms with van der Waals surface area (Å²) in [7, 11) is -3.12. The van der Waals surface area contributed by atoms with Gasteiger partial charge in [-0.25, -0.2) is 12.8 Å². The van der Waals surface area contributed by atoms with E-state index in [0.29, 0.717) is 13.0 Å². The second-order valence-electron chi connectivity index (χ2n) is 5.79. The zero-order valence-electron chi connectivity index (χ0n) is 13.7. The molecule has 132 valence electrons. The molecule has 0 aliphatic carbocycles. The first kappa shape index (κ1) is 18.4. The normalized spacial score (nSPS) is 19.0. The lowest BCUT2D eigenvalue weighted by atomic mass is 10.2. The van der Waals surface area contributed by atoms with Crippen LogP contribution in [0.5, 0.6) is 0 Å². The number of hydrogen-bond acceptors (Lipinski definition) is 4. The van der Waals surface area contributed by atoms with Gasteiger partial charge in [-0.1, -0.05) is 12.1 Å². The van der Waals surface area contributed by atoms with Crippen molar-refractivity contribution in [3.8, 4) is 0 Å². The van der Waals surface area contributed by atoms with Crippen LogP contribution in [0.25, 0.3) is 0 Å². The van der Waals surface area contributed by atoms with Crippen LogP contribution < -0.4 is 4.90 Å². The summed E-state index contributed by atoms with van der Waals surface area (Å²) in [6.07, 6.45) is 0.391. The first-order valence-corrected chi connectivity index (χ1v) is 9.60. The number of anilines is 1. The number of likely N-dealkylation sites (N-methyl/N-ethyl adjacent to an activating group) is 1. The molecule has 0 aromatic heterocycles. The maximum Gasteiger partial charge on any atom is 0.242 e. The molecule has 1 saturated heterocycles. The summed E-state index contributed by atoms with van der Waals surface area (Å²) < 4.78 is 37.2. The Labute approximate surface area is 141 Å². The number of hydrogen-bond donors (Lipinski definition) is 0. The number of rotatable bonds is 5. The highest BCUT2D eigenvalue weighted by atomic mass is 32.2. The Hall–Kier alpha value is -1.96. The largest absolute Gasteiger partial charge is 0.337 e. The summed E-state index contributed by atoms with van der Waals surface area (Å²) in [5.74, 6) is -1.44. The van der Waals surface area contributed by atoms with Crippen LogP contribution in [0.2, 0.25) is 0 Å². The number of halogens is 1. The SMILES string of the molecule is CCN(C(=O)CN(C(C)=O)c1ccccc1F)C1CCS(=O)(=O)C1. The molecule has 1 unspecified atom stereocenters. The minimum absolute atomic E-state index is 0.0356. The molecule has 1 aromatic carbocycles. The van der Waals surface area contributed by atoms with Crippen LogP contribution in [0.3, 0.4) is 0 Å². The minimum Gasteiger partial charge on any atom is -0.337 e. The van der Waals surface area contributed by atoms with E-state index in [0.717, 1.165) is 4.90 Å². The van der Waals surface area contributed by atoms with Gasteiger partial charge in [0.1, 0.15) is 12.4 Å². The monoisotopic (exact) mass is 356 g/mol. The molecule has 1 heterocycles. The summed E-state index contributed by atoms with van der Waals surface area (Å²) in [5, 5.41) is 0. The van der Waals surface area contributed by atoms with Crippen LogP contribution in [-0.4, -0.2) is 55.8 Å². The molecular formula is C16H21FN2O4S. The lowest BCUT2D eigenvalue weighted by Crippen LogP contribution is -2.47. The van der Waals surface area contributed by atoms with Crippen molar-refractivity contribution in [3.05, 3.63) is 30.1 Å². The molecule has 0 radical (unpaired) electrons. The fourth-order valence-corrected chi connectivity index (χ4v) is 4.65. The Balaban J connectivity index is 2.18. The number of para-hydroxylation sites is 1. The second kappa shape index (κ2) is 7.29. The van der Waals surface area contributed by atoms with Gasteiger partial charge in [-0.15, -0.1) is 0 Å². The summed E-state index contributed by atoms with van der Waals surface area (Å²) in [5.41, 5.74) is 0.0356. The Morgan fingerprint density at radius 1 is 1.29 bits per heavy atom. The maximum atomic E-state index is 13.9. The first-order valence-electron chi connectivity index (χ1n) is 7.77. The molecule has 0 saturated carbocycles. The van der Waals surface area contributed by atoms with E-state index in [1.807, 2.05) is 0 Å². The summed E-state index contributed by atoms with van der Waals surface area (Å²) in [4.78, 5) is 27.0. The average Bonchev–Trinajstić information content (AvgIpc) is 2.86. The van der Waals surface area contributed by atoms with E-state index < -0.39 is 27.5 Å². The molecule has 8 heteroatoms. The Kier molecular flexibility index (Phi) is 5.58. The smallest absolute Gasteiger partial charge is 0.242 e. The zero-order valence-corrected chi connectivity index (χ0v) is 14.6. The molecule has 2 rings (SSSR count). The van der Waals surface area contributed by atoms with Crippen molar-refractivity contribution in [2.75, 3.05) is 29.5 Å². The lowest BCUT2D eigenvalue weighted by molar-refractivity contribution is -0.132. The van der Waals surface area contributed by atoms with Crippen molar-refractivity contribution < 1.29 is 22.4 Å². The fraction of sp³-hybridized carbons (Fsp3) is 0.500. The summed E-state index contributed by atoms with van der Waals surface area (Å²) >= 11 is 0. The first-order chi connectivity index (χ1) is 11.2. The van der Waals surface area contributed by atoms with Gasteiger partial charge in [-0.2, -0.15) is 0 Å². The van der Waals surface area contributed by atoms with E-state index in [1.54, 1.807) is 13.0 Å². The van der Waals surface area contributed by atoms with Crippen LogP contribution in [0.1, 0.15) is 20.3 Å². The minimum atomic E-state index is -3.12. The van der Waals surface area contributed by atoms with Crippen LogP contribution in [0.4, 0.5) is 10.1 Å². The van der Waals surface area contributed by atoms with E-state index in [4.69, 9.17) is 0 Å². The van der Waals surface area contributed by atoms with Crippen LogP contribution in [0.15, 0.2) is 24.3 Å². The predicted molar refractivity (Wildman–Crippen MR) is 88.9 cm³/mol. The Bertz CT molecular complexity index is 735. The highest BCUT2D eigenvalue weighted by molar-refractivity contribution is 7.91. The number of amides is 2. The van der Waals surface area contributed by atoms with Crippen molar-refractivity contribution in [3.63, 3.8) is 0 Å². The molecule has 0 N–H and O–H groups in total. The zero-order chi connectivity index (χ0) is 17.9. The highest BCUT2D eigenvalue weighted by Crippen LogP contribution is 2.21. The Morgan fingerprint density at radius 3 is 2.46 bits per heavy atom. The maximum absolute atomic E-state index is 13.9. The lowest BCUT2D eigenvalue weighted by Gasteiger charge is -2.30. The summed E-state index contributed by atoms with van der Waals surface area (Å²) in [6.45, 7) is 3.03. The molecule has 1 aliphatic rings. The molecule has 1 atom stereocenters. The van der Waals surface area contributed by atoms with Gasteiger partial charge in [0.2, 0.25) is 11.8 Å². The van der Waals surface area contributed by atoms with E-state index in [-0.39, 0.29) is 29.8 Å². The van der Waals surface area contributed by atoms with E-state index in [1.165, 1.54) is 30.0 Å². The van der Waals surface area contributed by atoms with Crippen LogP contribution >= 0.6 is 0 Å². The van der Waals surface area contributed by atoms with Crippen molar-refractivity contribution >= 4 is 27.3 Å². The molecule has 0 bridgehead atoms. The predicted octanol–water partition coefficient (Wildman–Crippen LogP) is 1.21. The molecule has 24 heavy (non-hydrogen) atoms. The van der Waals surface area contributed by atoms with Gasteiger partial charge in [0.25, 0.3) is 0 Å². The number of benzene rings is 1. The van der Waals surface area contributed by atoms with E-state index >= 15 is 0 Å². The Morgan fingerprint density at radius 2 is 1.96 bits per heavy atom.